The second-order valence-corrected chi connectivity index (χ2v) is 5.83. The Kier molecular flexibility index (Phi) is 7.23. The summed E-state index contributed by atoms with van der Waals surface area (Å²) in [7, 11) is 0. The minimum Gasteiger partial charge on any atom is -0.481 e. The number of carbonyl (C=O) groups is 2. The smallest absolute Gasteiger partial charge is 0.303 e. The summed E-state index contributed by atoms with van der Waals surface area (Å²) in [6.45, 7) is 4.39. The molecule has 0 bridgehead atoms. The van der Waals surface area contributed by atoms with Crippen molar-refractivity contribution in [3.8, 4) is 0 Å². The fourth-order valence-corrected chi connectivity index (χ4v) is 2.10. The van der Waals surface area contributed by atoms with Crippen molar-refractivity contribution in [2.75, 3.05) is 6.54 Å². The first-order valence-electron chi connectivity index (χ1n) is 7.12. The molecule has 0 aromatic heterocycles. The Labute approximate surface area is 130 Å². The van der Waals surface area contributed by atoms with Crippen LogP contribution in [0, 0.1) is 12.8 Å². The first-order chi connectivity index (χ1) is 9.88. The molecule has 0 spiro atoms. The fraction of sp³-hybridized carbons (Fsp3) is 0.500. The third-order valence-electron chi connectivity index (χ3n) is 3.38. The van der Waals surface area contributed by atoms with Crippen LogP contribution in [0.15, 0.2) is 18.2 Å². The van der Waals surface area contributed by atoms with Gasteiger partial charge in [-0.2, -0.15) is 0 Å². The van der Waals surface area contributed by atoms with Crippen molar-refractivity contribution in [2.24, 2.45) is 5.92 Å². The number of benzene rings is 1. The van der Waals surface area contributed by atoms with E-state index in [-0.39, 0.29) is 18.2 Å². The van der Waals surface area contributed by atoms with Crippen molar-refractivity contribution in [3.63, 3.8) is 0 Å². The molecule has 1 aromatic rings. The number of amides is 1. The van der Waals surface area contributed by atoms with Crippen LogP contribution in [0.4, 0.5) is 0 Å². The summed E-state index contributed by atoms with van der Waals surface area (Å²) >= 11 is 6.04. The maximum absolute atomic E-state index is 11.8. The van der Waals surface area contributed by atoms with Gasteiger partial charge in [0.25, 0.3) is 0 Å². The topological polar surface area (TPSA) is 66.4 Å². The number of rotatable bonds is 8. The predicted octanol–water partition coefficient (Wildman–Crippen LogP) is 3.20. The van der Waals surface area contributed by atoms with E-state index in [1.165, 1.54) is 0 Å². The molecule has 1 unspecified atom stereocenters. The molecule has 0 fully saturated rings. The van der Waals surface area contributed by atoms with Crippen molar-refractivity contribution in [1.29, 1.82) is 0 Å². The molecule has 5 heteroatoms. The number of nitrogens with one attached hydrogen (secondary N) is 1. The van der Waals surface area contributed by atoms with Crippen LogP contribution in [0.5, 0.6) is 0 Å². The molecule has 0 aliphatic rings. The minimum atomic E-state index is -0.801. The SMILES string of the molecule is Cc1ccc(CCC(=O)NCC(C)CCC(=O)O)cc1Cl. The van der Waals surface area contributed by atoms with E-state index in [1.807, 2.05) is 32.0 Å². The average molecular weight is 312 g/mol. The lowest BCUT2D eigenvalue weighted by molar-refractivity contribution is -0.137. The van der Waals surface area contributed by atoms with Crippen LogP contribution in [0.25, 0.3) is 0 Å². The summed E-state index contributed by atoms with van der Waals surface area (Å²) in [5, 5.41) is 12.1. The summed E-state index contributed by atoms with van der Waals surface area (Å²) in [4.78, 5) is 22.2. The molecule has 0 aliphatic carbocycles. The number of carboxylic acids is 1. The number of carbonyl (C=O) groups excluding carboxylic acids is 1. The Hall–Kier alpha value is -1.55. The maximum atomic E-state index is 11.8. The molecule has 0 saturated carbocycles. The van der Waals surface area contributed by atoms with Gasteiger partial charge in [0.1, 0.15) is 0 Å². The van der Waals surface area contributed by atoms with E-state index in [9.17, 15) is 9.59 Å². The highest BCUT2D eigenvalue weighted by atomic mass is 35.5. The van der Waals surface area contributed by atoms with Gasteiger partial charge < -0.3 is 10.4 Å². The van der Waals surface area contributed by atoms with E-state index >= 15 is 0 Å². The molecule has 1 aromatic carbocycles. The summed E-state index contributed by atoms with van der Waals surface area (Å²) in [5.41, 5.74) is 2.07. The molecule has 0 heterocycles. The largest absolute Gasteiger partial charge is 0.481 e. The molecule has 2 N–H and O–H groups in total. The van der Waals surface area contributed by atoms with Gasteiger partial charge in [-0.1, -0.05) is 30.7 Å². The highest BCUT2D eigenvalue weighted by molar-refractivity contribution is 6.31. The molecular formula is C16H22ClNO3. The fourth-order valence-electron chi connectivity index (χ4n) is 1.90. The maximum Gasteiger partial charge on any atom is 0.303 e. The summed E-state index contributed by atoms with van der Waals surface area (Å²) in [5.74, 6) is -0.655. The molecule has 116 valence electrons. The lowest BCUT2D eigenvalue weighted by Crippen LogP contribution is -2.28. The van der Waals surface area contributed by atoms with E-state index in [0.29, 0.717) is 25.8 Å². The highest BCUT2D eigenvalue weighted by Gasteiger charge is 2.08. The van der Waals surface area contributed by atoms with Crippen LogP contribution in [-0.2, 0) is 16.0 Å². The van der Waals surface area contributed by atoms with Gasteiger partial charge in [-0.05, 0) is 42.9 Å². The number of carboxylic acid groups (broad SMARTS) is 1. The molecule has 21 heavy (non-hydrogen) atoms. The highest BCUT2D eigenvalue weighted by Crippen LogP contribution is 2.17. The third kappa shape index (κ3) is 7.14. The van der Waals surface area contributed by atoms with E-state index in [1.54, 1.807) is 0 Å². The summed E-state index contributed by atoms with van der Waals surface area (Å²) < 4.78 is 0. The van der Waals surface area contributed by atoms with E-state index in [2.05, 4.69) is 5.32 Å². The van der Waals surface area contributed by atoms with E-state index < -0.39 is 5.97 Å². The Morgan fingerprint density at radius 1 is 1.33 bits per heavy atom. The van der Waals surface area contributed by atoms with Gasteiger partial charge in [-0.15, -0.1) is 0 Å². The normalized spacial score (nSPS) is 12.0. The second-order valence-electron chi connectivity index (χ2n) is 5.43. The predicted molar refractivity (Wildman–Crippen MR) is 83.6 cm³/mol. The molecule has 0 saturated heterocycles. The molecule has 0 radical (unpaired) electrons. The zero-order chi connectivity index (χ0) is 15.8. The number of hydrogen-bond acceptors (Lipinski definition) is 2. The zero-order valence-corrected chi connectivity index (χ0v) is 13.2. The minimum absolute atomic E-state index is 0.0196. The molecule has 1 rings (SSSR count). The van der Waals surface area contributed by atoms with Crippen LogP contribution in [0.1, 0.15) is 37.3 Å². The van der Waals surface area contributed by atoms with Crippen molar-refractivity contribution in [3.05, 3.63) is 34.3 Å². The van der Waals surface area contributed by atoms with E-state index in [0.717, 1.165) is 16.1 Å². The van der Waals surface area contributed by atoms with Crippen molar-refractivity contribution < 1.29 is 14.7 Å². The lowest BCUT2D eigenvalue weighted by atomic mass is 10.1. The van der Waals surface area contributed by atoms with Gasteiger partial charge >= 0.3 is 5.97 Å². The van der Waals surface area contributed by atoms with Gasteiger partial charge in [0.15, 0.2) is 0 Å². The van der Waals surface area contributed by atoms with Crippen LogP contribution in [0.2, 0.25) is 5.02 Å². The van der Waals surface area contributed by atoms with Crippen molar-refractivity contribution in [1.82, 2.24) is 5.32 Å². The lowest BCUT2D eigenvalue weighted by Gasteiger charge is -2.11. The standard InChI is InChI=1S/C16H22ClNO3/c1-11(3-8-16(20)21)10-18-15(19)7-6-13-5-4-12(2)14(17)9-13/h4-5,9,11H,3,6-8,10H2,1-2H3,(H,18,19)(H,20,21). The summed E-state index contributed by atoms with van der Waals surface area (Å²) in [6, 6.07) is 5.81. The van der Waals surface area contributed by atoms with Gasteiger partial charge in [-0.3, -0.25) is 9.59 Å². The van der Waals surface area contributed by atoms with E-state index in [4.69, 9.17) is 16.7 Å². The molecular weight excluding hydrogens is 290 g/mol. The van der Waals surface area contributed by atoms with Gasteiger partial charge in [0, 0.05) is 24.4 Å². The molecule has 1 amide bonds. The first-order valence-corrected chi connectivity index (χ1v) is 7.49. The Bertz CT molecular complexity index is 502. The monoisotopic (exact) mass is 311 g/mol. The molecule has 4 nitrogen and oxygen atoms in total. The second kappa shape index (κ2) is 8.67. The number of halogens is 1. The van der Waals surface area contributed by atoms with Crippen LogP contribution in [-0.4, -0.2) is 23.5 Å². The van der Waals surface area contributed by atoms with Gasteiger partial charge in [-0.25, -0.2) is 0 Å². The first kappa shape index (κ1) is 17.5. The Balaban J connectivity index is 2.27. The van der Waals surface area contributed by atoms with Crippen molar-refractivity contribution >= 4 is 23.5 Å². The Morgan fingerprint density at radius 2 is 2.05 bits per heavy atom. The third-order valence-corrected chi connectivity index (χ3v) is 3.78. The number of aryl methyl sites for hydroxylation is 2. The zero-order valence-electron chi connectivity index (χ0n) is 12.5. The van der Waals surface area contributed by atoms with Gasteiger partial charge in [0.05, 0.1) is 0 Å². The Morgan fingerprint density at radius 3 is 2.67 bits per heavy atom. The van der Waals surface area contributed by atoms with Crippen molar-refractivity contribution in [2.45, 2.75) is 39.5 Å². The average Bonchev–Trinajstić information content (AvgIpc) is 2.44. The molecule has 0 aliphatic heterocycles. The quantitative estimate of drug-likeness (QED) is 0.774. The number of hydrogen-bond donors (Lipinski definition) is 2. The van der Waals surface area contributed by atoms with Crippen LogP contribution in [0.3, 0.4) is 0 Å². The number of aliphatic carboxylic acids is 1. The van der Waals surface area contributed by atoms with Gasteiger partial charge in [0.2, 0.25) is 5.91 Å². The van der Waals surface area contributed by atoms with Crippen LogP contribution < -0.4 is 5.32 Å². The summed E-state index contributed by atoms with van der Waals surface area (Å²) in [6.07, 6.45) is 1.77. The molecule has 1 atom stereocenters. The van der Waals surface area contributed by atoms with Crippen LogP contribution >= 0.6 is 11.6 Å².